The van der Waals surface area contributed by atoms with Crippen LogP contribution in [0.15, 0.2) is 30.6 Å². The molecule has 5 N–H and O–H groups in total. The van der Waals surface area contributed by atoms with Crippen LogP contribution in [0.2, 0.25) is 0 Å². The van der Waals surface area contributed by atoms with E-state index in [0.29, 0.717) is 34.4 Å². The van der Waals surface area contributed by atoms with E-state index in [-0.39, 0.29) is 16.8 Å². The van der Waals surface area contributed by atoms with Gasteiger partial charge in [-0.15, -0.1) is 10.2 Å². The minimum atomic E-state index is 0.0227. The third kappa shape index (κ3) is 4.59. The molecule has 1 aliphatic rings. The molecular weight excluding hydrogens is 378 g/mol. The Morgan fingerprint density at radius 1 is 1.23 bits per heavy atom. The predicted octanol–water partition coefficient (Wildman–Crippen LogP) is 2.94. The molecule has 0 aliphatic carbocycles. The quantitative estimate of drug-likeness (QED) is 0.560. The number of hydrogen-bond donors (Lipinski definition) is 4. The van der Waals surface area contributed by atoms with Crippen molar-refractivity contribution >= 4 is 17.7 Å². The van der Waals surface area contributed by atoms with Crippen molar-refractivity contribution < 1.29 is 5.11 Å². The van der Waals surface area contributed by atoms with E-state index in [4.69, 9.17) is 11.1 Å². The second kappa shape index (κ2) is 8.02. The van der Waals surface area contributed by atoms with Crippen molar-refractivity contribution in [2.75, 3.05) is 11.9 Å². The Morgan fingerprint density at radius 3 is 2.40 bits per heavy atom. The molecule has 30 heavy (non-hydrogen) atoms. The van der Waals surface area contributed by atoms with Crippen LogP contribution in [0, 0.1) is 5.41 Å². The normalized spacial score (nSPS) is 18.8. The Kier molecular flexibility index (Phi) is 5.81. The molecule has 8 nitrogen and oxygen atoms in total. The average molecular weight is 410 g/mol. The molecule has 0 saturated carbocycles. The zero-order chi connectivity index (χ0) is 22.1. The first kappa shape index (κ1) is 21.7. The van der Waals surface area contributed by atoms with Crippen molar-refractivity contribution in [2.45, 2.75) is 57.7 Å². The first-order chi connectivity index (χ1) is 14.0. The van der Waals surface area contributed by atoms with Crippen LogP contribution in [0.4, 0.5) is 5.95 Å². The van der Waals surface area contributed by atoms with E-state index in [9.17, 15) is 5.11 Å². The number of aromatic nitrogens is 3. The summed E-state index contributed by atoms with van der Waals surface area (Å²) in [5.41, 5.74) is 7.75. The number of anilines is 1. The van der Waals surface area contributed by atoms with Crippen molar-refractivity contribution in [1.29, 1.82) is 5.41 Å². The fraction of sp³-hybridized carbons (Fsp3) is 0.455. The van der Waals surface area contributed by atoms with Gasteiger partial charge in [0.25, 0.3) is 0 Å². The van der Waals surface area contributed by atoms with Crippen molar-refractivity contribution in [3.05, 3.63) is 36.2 Å². The summed E-state index contributed by atoms with van der Waals surface area (Å²) in [5, 5.41) is 30.1. The predicted molar refractivity (Wildman–Crippen MR) is 121 cm³/mol. The third-order valence-electron chi connectivity index (χ3n) is 5.52. The van der Waals surface area contributed by atoms with E-state index >= 15 is 0 Å². The number of nitrogens with one attached hydrogen (secondary N) is 2. The van der Waals surface area contributed by atoms with E-state index in [2.05, 4.69) is 53.1 Å². The Labute approximate surface area is 177 Å². The molecule has 160 valence electrons. The van der Waals surface area contributed by atoms with Crippen LogP contribution >= 0.6 is 0 Å². The Balaban J connectivity index is 1.82. The zero-order valence-electron chi connectivity index (χ0n) is 18.3. The lowest BCUT2D eigenvalue weighted by atomic mass is 9.79. The fourth-order valence-electron chi connectivity index (χ4n) is 4.42. The molecule has 1 aliphatic heterocycles. The summed E-state index contributed by atoms with van der Waals surface area (Å²) < 4.78 is 0. The first-order valence-corrected chi connectivity index (χ1v) is 10.0. The molecule has 1 saturated heterocycles. The number of allylic oxidation sites excluding steroid dienone is 1. The molecule has 0 unspecified atom stereocenters. The highest BCUT2D eigenvalue weighted by molar-refractivity contribution is 6.08. The smallest absolute Gasteiger partial charge is 0.245 e. The summed E-state index contributed by atoms with van der Waals surface area (Å²) in [5.74, 6) is 0.596. The van der Waals surface area contributed by atoms with Crippen molar-refractivity contribution in [3.8, 4) is 17.0 Å². The van der Waals surface area contributed by atoms with E-state index in [1.165, 1.54) is 6.20 Å². The van der Waals surface area contributed by atoms with Gasteiger partial charge < -0.3 is 26.5 Å². The SMILES string of the molecule is CN(c1ncc(-c2ccc(/C(C=N)=C/N)cc2O)nn1)C1CC(C)(C)NC(C)(C)C1. The maximum absolute atomic E-state index is 10.4. The lowest BCUT2D eigenvalue weighted by Gasteiger charge is -2.48. The highest BCUT2D eigenvalue weighted by atomic mass is 16.3. The highest BCUT2D eigenvalue weighted by Crippen LogP contribution is 2.33. The van der Waals surface area contributed by atoms with Gasteiger partial charge in [-0.05, 0) is 58.2 Å². The fourth-order valence-corrected chi connectivity index (χ4v) is 4.42. The first-order valence-electron chi connectivity index (χ1n) is 10.0. The van der Waals surface area contributed by atoms with Crippen molar-refractivity contribution in [1.82, 2.24) is 20.5 Å². The van der Waals surface area contributed by atoms with E-state index < -0.39 is 0 Å². The van der Waals surface area contributed by atoms with Gasteiger partial charge in [0.1, 0.15) is 11.4 Å². The molecule has 1 fully saturated rings. The summed E-state index contributed by atoms with van der Waals surface area (Å²) in [4.78, 5) is 6.60. The zero-order valence-corrected chi connectivity index (χ0v) is 18.3. The summed E-state index contributed by atoms with van der Waals surface area (Å²) in [6, 6.07) is 5.35. The molecule has 3 rings (SSSR count). The average Bonchev–Trinajstić information content (AvgIpc) is 2.66. The highest BCUT2D eigenvalue weighted by Gasteiger charge is 2.39. The lowest BCUT2D eigenvalue weighted by molar-refractivity contribution is 0.160. The number of phenols is 1. The van der Waals surface area contributed by atoms with Gasteiger partial charge in [-0.25, -0.2) is 4.98 Å². The molecule has 2 heterocycles. The molecule has 0 radical (unpaired) electrons. The second-order valence-corrected chi connectivity index (χ2v) is 9.21. The van der Waals surface area contributed by atoms with E-state index in [1.807, 2.05) is 7.05 Å². The Hall–Kier alpha value is -3.00. The van der Waals surface area contributed by atoms with Crippen LogP contribution < -0.4 is 16.0 Å². The van der Waals surface area contributed by atoms with Crippen LogP contribution in [0.25, 0.3) is 16.8 Å². The topological polar surface area (TPSA) is 124 Å². The van der Waals surface area contributed by atoms with Crippen LogP contribution in [-0.4, -0.2) is 50.7 Å². The molecule has 1 aromatic carbocycles. The monoisotopic (exact) mass is 409 g/mol. The molecular formula is C22H31N7O. The Morgan fingerprint density at radius 2 is 1.90 bits per heavy atom. The number of hydrogen-bond acceptors (Lipinski definition) is 8. The number of benzene rings is 1. The number of nitrogens with two attached hydrogens (primary N) is 1. The van der Waals surface area contributed by atoms with Crippen LogP contribution in [0.1, 0.15) is 46.1 Å². The molecule has 2 aromatic rings. The van der Waals surface area contributed by atoms with E-state index in [0.717, 1.165) is 19.1 Å². The van der Waals surface area contributed by atoms with Crippen molar-refractivity contribution in [3.63, 3.8) is 0 Å². The van der Waals surface area contributed by atoms with Gasteiger partial charge in [0, 0.05) is 47.7 Å². The summed E-state index contributed by atoms with van der Waals surface area (Å²) in [6.45, 7) is 8.86. The summed E-state index contributed by atoms with van der Waals surface area (Å²) in [7, 11) is 2.00. The number of piperidine rings is 1. The minimum absolute atomic E-state index is 0.0227. The largest absolute Gasteiger partial charge is 0.507 e. The van der Waals surface area contributed by atoms with Gasteiger partial charge in [-0.2, -0.15) is 0 Å². The van der Waals surface area contributed by atoms with Crippen molar-refractivity contribution in [2.24, 2.45) is 5.73 Å². The van der Waals surface area contributed by atoms with Gasteiger partial charge >= 0.3 is 0 Å². The number of aromatic hydroxyl groups is 1. The summed E-state index contributed by atoms with van der Waals surface area (Å²) >= 11 is 0. The van der Waals surface area contributed by atoms with Gasteiger partial charge in [-0.3, -0.25) is 0 Å². The molecule has 0 amide bonds. The van der Waals surface area contributed by atoms with Crippen LogP contribution in [0.3, 0.4) is 0 Å². The van der Waals surface area contributed by atoms with Gasteiger partial charge in [-0.1, -0.05) is 6.07 Å². The maximum atomic E-state index is 10.4. The van der Waals surface area contributed by atoms with Gasteiger partial charge in [0.2, 0.25) is 5.95 Å². The Bertz CT molecular complexity index is 934. The molecule has 8 heteroatoms. The summed E-state index contributed by atoms with van der Waals surface area (Å²) in [6.07, 6.45) is 6.05. The number of nitrogens with zero attached hydrogens (tertiary/aromatic N) is 4. The van der Waals surface area contributed by atoms with Crippen LogP contribution in [-0.2, 0) is 0 Å². The molecule has 0 atom stereocenters. The third-order valence-corrected chi connectivity index (χ3v) is 5.52. The number of rotatable bonds is 5. The second-order valence-electron chi connectivity index (χ2n) is 9.21. The van der Waals surface area contributed by atoms with Crippen LogP contribution in [0.5, 0.6) is 5.75 Å². The van der Waals surface area contributed by atoms with E-state index in [1.54, 1.807) is 24.4 Å². The van der Waals surface area contributed by atoms with Gasteiger partial charge in [0.15, 0.2) is 0 Å². The maximum Gasteiger partial charge on any atom is 0.245 e. The van der Waals surface area contributed by atoms with Gasteiger partial charge in [0.05, 0.1) is 6.20 Å². The lowest BCUT2D eigenvalue weighted by Crippen LogP contribution is -2.62. The molecule has 0 spiro atoms. The molecule has 1 aromatic heterocycles. The molecule has 0 bridgehead atoms. The number of phenolic OH excluding ortho intramolecular Hbond substituents is 1. The minimum Gasteiger partial charge on any atom is -0.507 e. The standard InChI is InChI=1S/C22H31N7O/c1-21(2)9-16(10-22(3,4)28-21)29(5)20-25-13-18(26-27-20)17-7-6-14(8-19(17)30)15(11-23)12-24/h6-8,11-13,16,23,28,30H,9-10,24H2,1-5H3/b15-12+,23-11?.